The van der Waals surface area contributed by atoms with E-state index in [4.69, 9.17) is 22.6 Å². The number of rotatable bonds is 4. The van der Waals surface area contributed by atoms with Crippen LogP contribution in [0, 0.1) is 17.2 Å². The summed E-state index contributed by atoms with van der Waals surface area (Å²) in [6, 6.07) is 7.72. The molecule has 0 aliphatic heterocycles. The van der Waals surface area contributed by atoms with Crippen molar-refractivity contribution in [3.8, 4) is 6.07 Å². The van der Waals surface area contributed by atoms with Gasteiger partial charge in [0, 0.05) is 23.8 Å². The molecule has 1 aromatic rings. The number of halogens is 1. The lowest BCUT2D eigenvalue weighted by Gasteiger charge is -2.18. The van der Waals surface area contributed by atoms with E-state index >= 15 is 0 Å². The zero-order chi connectivity index (χ0) is 12.1. The van der Waals surface area contributed by atoms with Gasteiger partial charge in [-0.15, -0.1) is 0 Å². The second-order valence-electron chi connectivity index (χ2n) is 4.08. The predicted octanol–water partition coefficient (Wildman–Crippen LogP) is 2.51. The molecule has 2 N–H and O–H groups in total. The van der Waals surface area contributed by atoms with Crippen molar-refractivity contribution in [2.45, 2.75) is 13.5 Å². The molecule has 0 aliphatic carbocycles. The first-order chi connectivity index (χ1) is 7.52. The Balaban J connectivity index is 2.63. The fraction of sp³-hybridized carbons (Fsp3) is 0.417. The summed E-state index contributed by atoms with van der Waals surface area (Å²) in [4.78, 5) is 2.07. The molecule has 1 atom stereocenters. The number of nitrogen functional groups attached to an aromatic ring is 1. The third-order valence-electron chi connectivity index (χ3n) is 2.32. The molecule has 0 saturated heterocycles. The number of nitriles is 1. The number of hydrogen-bond donors (Lipinski definition) is 1. The molecule has 0 aliphatic rings. The Kier molecular flexibility index (Phi) is 4.60. The zero-order valence-electron chi connectivity index (χ0n) is 9.57. The molecule has 0 aromatic heterocycles. The maximum Gasteiger partial charge on any atom is 0.0666 e. The molecule has 4 heteroatoms. The first kappa shape index (κ1) is 12.8. The van der Waals surface area contributed by atoms with E-state index in [9.17, 15) is 0 Å². The average molecular weight is 238 g/mol. The van der Waals surface area contributed by atoms with Crippen molar-refractivity contribution in [1.29, 1.82) is 5.26 Å². The van der Waals surface area contributed by atoms with Crippen LogP contribution >= 0.6 is 11.6 Å². The second-order valence-corrected chi connectivity index (χ2v) is 4.48. The van der Waals surface area contributed by atoms with Crippen LogP contribution in [-0.4, -0.2) is 18.5 Å². The molecule has 0 spiro atoms. The van der Waals surface area contributed by atoms with Gasteiger partial charge in [-0.1, -0.05) is 17.7 Å². The van der Waals surface area contributed by atoms with Gasteiger partial charge in [-0.05, 0) is 31.7 Å². The van der Waals surface area contributed by atoms with Crippen molar-refractivity contribution < 1.29 is 0 Å². The summed E-state index contributed by atoms with van der Waals surface area (Å²) in [5.41, 5.74) is 7.32. The van der Waals surface area contributed by atoms with Crippen molar-refractivity contribution in [2.24, 2.45) is 5.92 Å². The van der Waals surface area contributed by atoms with E-state index in [0.29, 0.717) is 10.7 Å². The highest BCUT2D eigenvalue weighted by atomic mass is 35.5. The van der Waals surface area contributed by atoms with E-state index in [1.165, 1.54) is 0 Å². The minimum atomic E-state index is 0.0255. The standard InChI is InChI=1S/C12H16ClN3/c1-9(6-14)7-16(2)8-10-3-4-11(15)5-12(10)13/h3-5,9H,7-8,15H2,1-2H3. The monoisotopic (exact) mass is 237 g/mol. The van der Waals surface area contributed by atoms with Crippen LogP contribution in [0.2, 0.25) is 5.02 Å². The molecule has 86 valence electrons. The largest absolute Gasteiger partial charge is 0.399 e. The summed E-state index contributed by atoms with van der Waals surface area (Å²) in [7, 11) is 1.97. The number of benzene rings is 1. The number of nitrogens with zero attached hydrogens (tertiary/aromatic N) is 2. The van der Waals surface area contributed by atoms with Crippen LogP contribution in [-0.2, 0) is 6.54 Å². The Bertz CT molecular complexity index is 398. The van der Waals surface area contributed by atoms with Gasteiger partial charge >= 0.3 is 0 Å². The minimum absolute atomic E-state index is 0.0255. The summed E-state index contributed by atoms with van der Waals surface area (Å²) in [5, 5.41) is 9.40. The van der Waals surface area contributed by atoms with E-state index in [0.717, 1.165) is 18.7 Å². The van der Waals surface area contributed by atoms with Gasteiger partial charge < -0.3 is 10.6 Å². The SMILES string of the molecule is CC(C#N)CN(C)Cc1ccc(N)cc1Cl. The highest BCUT2D eigenvalue weighted by Crippen LogP contribution is 2.20. The molecule has 0 heterocycles. The van der Waals surface area contributed by atoms with Gasteiger partial charge in [-0.25, -0.2) is 0 Å². The van der Waals surface area contributed by atoms with Gasteiger partial charge in [0.05, 0.1) is 12.0 Å². The first-order valence-corrected chi connectivity index (χ1v) is 5.52. The summed E-state index contributed by atoms with van der Waals surface area (Å²) < 4.78 is 0. The normalized spacial score (nSPS) is 12.4. The molecule has 0 radical (unpaired) electrons. The summed E-state index contributed by atoms with van der Waals surface area (Å²) in [6.45, 7) is 3.36. The van der Waals surface area contributed by atoms with E-state index in [2.05, 4.69) is 11.0 Å². The fourth-order valence-electron chi connectivity index (χ4n) is 1.56. The van der Waals surface area contributed by atoms with Crippen LogP contribution in [0.15, 0.2) is 18.2 Å². The number of hydrogen-bond acceptors (Lipinski definition) is 3. The Morgan fingerprint density at radius 3 is 2.81 bits per heavy atom. The zero-order valence-corrected chi connectivity index (χ0v) is 10.3. The third kappa shape index (κ3) is 3.73. The summed E-state index contributed by atoms with van der Waals surface area (Å²) in [6.07, 6.45) is 0. The topological polar surface area (TPSA) is 53.0 Å². The van der Waals surface area contributed by atoms with E-state index < -0.39 is 0 Å². The van der Waals surface area contributed by atoms with Crippen LogP contribution in [0.5, 0.6) is 0 Å². The molecule has 0 amide bonds. The highest BCUT2D eigenvalue weighted by molar-refractivity contribution is 6.31. The molecule has 1 unspecified atom stereocenters. The predicted molar refractivity (Wildman–Crippen MR) is 67.0 cm³/mol. The van der Waals surface area contributed by atoms with Crippen LogP contribution in [0.25, 0.3) is 0 Å². The van der Waals surface area contributed by atoms with Crippen LogP contribution in [0.1, 0.15) is 12.5 Å². The molecule has 3 nitrogen and oxygen atoms in total. The van der Waals surface area contributed by atoms with Crippen LogP contribution in [0.4, 0.5) is 5.69 Å². The lowest BCUT2D eigenvalue weighted by atomic mass is 10.1. The lowest BCUT2D eigenvalue weighted by molar-refractivity contribution is 0.303. The van der Waals surface area contributed by atoms with Crippen molar-refractivity contribution in [3.63, 3.8) is 0 Å². The Morgan fingerprint density at radius 1 is 1.56 bits per heavy atom. The van der Waals surface area contributed by atoms with Gasteiger partial charge in [0.1, 0.15) is 0 Å². The summed E-state index contributed by atoms with van der Waals surface area (Å²) >= 11 is 6.07. The van der Waals surface area contributed by atoms with E-state index in [1.807, 2.05) is 26.1 Å². The Labute approximate surface area is 101 Å². The third-order valence-corrected chi connectivity index (χ3v) is 2.68. The van der Waals surface area contributed by atoms with Crippen LogP contribution in [0.3, 0.4) is 0 Å². The minimum Gasteiger partial charge on any atom is -0.399 e. The quantitative estimate of drug-likeness (QED) is 0.819. The molecule has 1 aromatic carbocycles. The maximum atomic E-state index is 8.72. The molecular formula is C12H16ClN3. The van der Waals surface area contributed by atoms with Gasteiger partial charge in [0.2, 0.25) is 0 Å². The van der Waals surface area contributed by atoms with Crippen LogP contribution < -0.4 is 5.73 Å². The molecule has 0 saturated carbocycles. The van der Waals surface area contributed by atoms with E-state index in [1.54, 1.807) is 6.07 Å². The molecule has 16 heavy (non-hydrogen) atoms. The van der Waals surface area contributed by atoms with Gasteiger partial charge in [-0.3, -0.25) is 0 Å². The van der Waals surface area contributed by atoms with Gasteiger partial charge in [0.15, 0.2) is 0 Å². The number of anilines is 1. The second kappa shape index (κ2) is 5.74. The highest BCUT2D eigenvalue weighted by Gasteiger charge is 2.08. The fourth-order valence-corrected chi connectivity index (χ4v) is 1.80. The van der Waals surface area contributed by atoms with Crippen molar-refractivity contribution in [3.05, 3.63) is 28.8 Å². The van der Waals surface area contributed by atoms with Crippen molar-refractivity contribution in [1.82, 2.24) is 4.90 Å². The smallest absolute Gasteiger partial charge is 0.0666 e. The Morgan fingerprint density at radius 2 is 2.25 bits per heavy atom. The molecule has 1 rings (SSSR count). The van der Waals surface area contributed by atoms with Gasteiger partial charge in [0.25, 0.3) is 0 Å². The molecule has 0 fully saturated rings. The average Bonchev–Trinajstić information content (AvgIpc) is 2.22. The Hall–Kier alpha value is -1.24. The van der Waals surface area contributed by atoms with Gasteiger partial charge in [-0.2, -0.15) is 5.26 Å². The molecular weight excluding hydrogens is 222 g/mol. The first-order valence-electron chi connectivity index (χ1n) is 5.15. The maximum absolute atomic E-state index is 8.72. The summed E-state index contributed by atoms with van der Waals surface area (Å²) in [5.74, 6) is 0.0255. The van der Waals surface area contributed by atoms with Crippen molar-refractivity contribution >= 4 is 17.3 Å². The molecule has 0 bridgehead atoms. The van der Waals surface area contributed by atoms with E-state index in [-0.39, 0.29) is 5.92 Å². The number of nitrogens with two attached hydrogens (primary N) is 1. The van der Waals surface area contributed by atoms with Crippen molar-refractivity contribution in [2.75, 3.05) is 19.3 Å². The lowest BCUT2D eigenvalue weighted by Crippen LogP contribution is -2.23.